The highest BCUT2D eigenvalue weighted by molar-refractivity contribution is 7.87. The molecule has 2 bridgehead atoms. The molecule has 8 nitrogen and oxygen atoms in total. The van der Waals surface area contributed by atoms with E-state index in [2.05, 4.69) is 11.3 Å². The second-order valence-electron chi connectivity index (χ2n) is 5.21. The van der Waals surface area contributed by atoms with Gasteiger partial charge in [0.05, 0.1) is 0 Å². The molecule has 3 saturated heterocycles. The zero-order valence-corrected chi connectivity index (χ0v) is 11.9. The first-order valence-electron chi connectivity index (χ1n) is 6.41. The molecule has 0 aromatic rings. The summed E-state index contributed by atoms with van der Waals surface area (Å²) >= 11 is 0. The minimum Gasteiger partial charge on any atom is -0.455 e. The van der Waals surface area contributed by atoms with Crippen LogP contribution in [0.4, 0.5) is 0 Å². The first-order chi connectivity index (χ1) is 9.85. The molecule has 9 heteroatoms. The van der Waals surface area contributed by atoms with E-state index in [4.69, 9.17) is 13.7 Å². The van der Waals surface area contributed by atoms with Crippen LogP contribution in [0.5, 0.6) is 0 Å². The first-order valence-corrected chi connectivity index (χ1v) is 7.88. The highest BCUT2D eigenvalue weighted by atomic mass is 32.2. The van der Waals surface area contributed by atoms with E-state index in [0.29, 0.717) is 0 Å². The molecule has 3 heterocycles. The van der Waals surface area contributed by atoms with Crippen molar-refractivity contribution in [1.29, 1.82) is 0 Å². The van der Waals surface area contributed by atoms with Gasteiger partial charge >= 0.3 is 11.9 Å². The molecular weight excluding hydrogens is 304 g/mol. The summed E-state index contributed by atoms with van der Waals surface area (Å²) in [5, 5.41) is -1.01. The molecule has 0 spiro atoms. The van der Waals surface area contributed by atoms with Gasteiger partial charge in [0.15, 0.2) is 18.0 Å². The summed E-state index contributed by atoms with van der Waals surface area (Å²) in [7, 11) is -3.82. The standard InChI is InChI=1S/C12H14O8S/c1-3-6(13)17-4-7(14)18-10-8-5(2)9-11(19-8)12(10)21(15,16)20-9/h3,5,8-12H,1,4H2,2H3. The molecule has 21 heavy (non-hydrogen) atoms. The Balaban J connectivity index is 1.70. The molecule has 0 radical (unpaired) electrons. The predicted octanol–water partition coefficient (Wildman–Crippen LogP) is -0.858. The van der Waals surface area contributed by atoms with E-state index >= 15 is 0 Å². The Morgan fingerprint density at radius 3 is 2.67 bits per heavy atom. The summed E-state index contributed by atoms with van der Waals surface area (Å²) in [6.45, 7) is 4.37. The van der Waals surface area contributed by atoms with Crippen LogP contribution in [0, 0.1) is 5.92 Å². The lowest BCUT2D eigenvalue weighted by molar-refractivity contribution is -0.162. The van der Waals surface area contributed by atoms with Gasteiger partial charge in [-0.2, -0.15) is 8.42 Å². The summed E-state index contributed by atoms with van der Waals surface area (Å²) in [6, 6.07) is 0. The van der Waals surface area contributed by atoms with Gasteiger partial charge in [-0.15, -0.1) is 0 Å². The van der Waals surface area contributed by atoms with Crippen molar-refractivity contribution in [3.63, 3.8) is 0 Å². The second-order valence-corrected chi connectivity index (χ2v) is 6.93. The van der Waals surface area contributed by atoms with Crippen molar-refractivity contribution in [2.75, 3.05) is 6.61 Å². The number of hydrogen-bond acceptors (Lipinski definition) is 8. The fourth-order valence-electron chi connectivity index (χ4n) is 3.08. The van der Waals surface area contributed by atoms with Crippen LogP contribution in [-0.2, 0) is 38.1 Å². The van der Waals surface area contributed by atoms with Gasteiger partial charge in [0.25, 0.3) is 10.1 Å². The van der Waals surface area contributed by atoms with E-state index in [1.165, 1.54) is 0 Å². The third-order valence-corrected chi connectivity index (χ3v) is 5.68. The fraction of sp³-hybridized carbons (Fsp3) is 0.667. The van der Waals surface area contributed by atoms with Crippen LogP contribution in [0.25, 0.3) is 0 Å². The lowest BCUT2D eigenvalue weighted by Crippen LogP contribution is -2.47. The smallest absolute Gasteiger partial charge is 0.344 e. The van der Waals surface area contributed by atoms with Crippen LogP contribution < -0.4 is 0 Å². The number of carbonyl (C=O) groups excluding carboxylic acids is 2. The lowest BCUT2D eigenvalue weighted by atomic mass is 9.86. The average Bonchev–Trinajstić information content (AvgIpc) is 3.00. The van der Waals surface area contributed by atoms with Crippen molar-refractivity contribution in [1.82, 2.24) is 0 Å². The number of hydrogen-bond donors (Lipinski definition) is 0. The van der Waals surface area contributed by atoms with Crippen LogP contribution in [-0.4, -0.2) is 56.6 Å². The Kier molecular flexibility index (Phi) is 3.30. The van der Waals surface area contributed by atoms with Crippen molar-refractivity contribution in [2.45, 2.75) is 36.6 Å². The van der Waals surface area contributed by atoms with Gasteiger partial charge in [-0.25, -0.2) is 9.59 Å². The van der Waals surface area contributed by atoms with Crippen LogP contribution in [0.2, 0.25) is 0 Å². The zero-order chi connectivity index (χ0) is 15.4. The van der Waals surface area contributed by atoms with Gasteiger partial charge < -0.3 is 14.2 Å². The summed E-state index contributed by atoms with van der Waals surface area (Å²) in [5.74, 6) is -1.80. The Morgan fingerprint density at radius 2 is 2.00 bits per heavy atom. The maximum Gasteiger partial charge on any atom is 0.344 e. The van der Waals surface area contributed by atoms with E-state index in [1.54, 1.807) is 6.92 Å². The van der Waals surface area contributed by atoms with Gasteiger partial charge in [0.2, 0.25) is 0 Å². The van der Waals surface area contributed by atoms with Gasteiger partial charge in [-0.05, 0) is 0 Å². The summed E-state index contributed by atoms with van der Waals surface area (Å²) in [5.41, 5.74) is 0. The minimum atomic E-state index is -3.82. The van der Waals surface area contributed by atoms with Crippen molar-refractivity contribution in [3.8, 4) is 0 Å². The van der Waals surface area contributed by atoms with Crippen molar-refractivity contribution < 1.29 is 36.4 Å². The first kappa shape index (κ1) is 14.5. The molecule has 3 rings (SSSR count). The molecule has 0 aliphatic carbocycles. The van der Waals surface area contributed by atoms with Gasteiger partial charge in [-0.1, -0.05) is 13.5 Å². The quantitative estimate of drug-likeness (QED) is 0.375. The largest absolute Gasteiger partial charge is 0.455 e. The van der Waals surface area contributed by atoms with E-state index in [0.717, 1.165) is 6.08 Å². The van der Waals surface area contributed by atoms with Crippen LogP contribution >= 0.6 is 0 Å². The van der Waals surface area contributed by atoms with Crippen molar-refractivity contribution in [3.05, 3.63) is 12.7 Å². The molecule has 3 aliphatic heterocycles. The zero-order valence-electron chi connectivity index (χ0n) is 11.1. The van der Waals surface area contributed by atoms with Crippen LogP contribution in [0.3, 0.4) is 0 Å². The predicted molar refractivity (Wildman–Crippen MR) is 66.4 cm³/mol. The van der Waals surface area contributed by atoms with E-state index in [9.17, 15) is 18.0 Å². The molecule has 0 saturated carbocycles. The summed E-state index contributed by atoms with van der Waals surface area (Å²) < 4.78 is 44.2. The maximum absolute atomic E-state index is 11.9. The second kappa shape index (κ2) is 4.79. The molecular formula is C12H14O8S. The molecule has 0 amide bonds. The number of fused-ring (bicyclic) bond motifs is 1. The lowest BCUT2D eigenvalue weighted by Gasteiger charge is -2.25. The molecule has 0 aromatic heterocycles. The summed E-state index contributed by atoms with van der Waals surface area (Å²) in [6.07, 6.45) is -1.68. The van der Waals surface area contributed by atoms with E-state index < -0.39 is 58.3 Å². The summed E-state index contributed by atoms with van der Waals surface area (Å²) in [4.78, 5) is 22.5. The molecule has 116 valence electrons. The molecule has 0 aromatic carbocycles. The van der Waals surface area contributed by atoms with Crippen LogP contribution in [0.15, 0.2) is 12.7 Å². The number of carbonyl (C=O) groups is 2. The maximum atomic E-state index is 11.9. The molecule has 0 N–H and O–H groups in total. The monoisotopic (exact) mass is 318 g/mol. The topological polar surface area (TPSA) is 105 Å². The number of rotatable bonds is 4. The average molecular weight is 318 g/mol. The van der Waals surface area contributed by atoms with Gasteiger partial charge in [-0.3, -0.25) is 4.18 Å². The SMILES string of the molecule is C=CC(=O)OCC(=O)OC1C2OC3C(OS(=O)(=O)C13)C2C. The van der Waals surface area contributed by atoms with Crippen molar-refractivity contribution >= 4 is 22.1 Å². The Labute approximate surface area is 121 Å². The molecule has 3 aliphatic rings. The Bertz CT molecular complexity index is 596. The molecule has 6 atom stereocenters. The normalized spacial score (nSPS) is 41.8. The molecule has 6 unspecified atom stereocenters. The highest BCUT2D eigenvalue weighted by Gasteiger charge is 2.70. The highest BCUT2D eigenvalue weighted by Crippen LogP contribution is 2.50. The number of esters is 2. The fourth-order valence-corrected chi connectivity index (χ4v) is 4.89. The molecule has 3 fully saturated rings. The third kappa shape index (κ3) is 2.16. The Hall–Kier alpha value is -1.45. The van der Waals surface area contributed by atoms with Gasteiger partial charge in [0, 0.05) is 12.0 Å². The van der Waals surface area contributed by atoms with Crippen molar-refractivity contribution in [2.24, 2.45) is 5.92 Å². The van der Waals surface area contributed by atoms with E-state index in [-0.39, 0.29) is 5.92 Å². The van der Waals surface area contributed by atoms with Crippen LogP contribution in [0.1, 0.15) is 6.92 Å². The van der Waals surface area contributed by atoms with E-state index in [1.807, 2.05) is 0 Å². The van der Waals surface area contributed by atoms with Gasteiger partial charge in [0.1, 0.15) is 18.3 Å². The third-order valence-electron chi connectivity index (χ3n) is 3.99. The Morgan fingerprint density at radius 1 is 1.29 bits per heavy atom. The minimum absolute atomic E-state index is 0.197. The number of ether oxygens (including phenoxy) is 3.